The van der Waals surface area contributed by atoms with Crippen LogP contribution in [0.3, 0.4) is 0 Å². The van der Waals surface area contributed by atoms with Crippen molar-refractivity contribution in [3.8, 4) is 0 Å². The summed E-state index contributed by atoms with van der Waals surface area (Å²) >= 11 is 0. The van der Waals surface area contributed by atoms with E-state index in [0.29, 0.717) is 17.0 Å². The van der Waals surface area contributed by atoms with Crippen LogP contribution in [0.2, 0.25) is 0 Å². The van der Waals surface area contributed by atoms with Crippen molar-refractivity contribution >= 4 is 32.7 Å². The van der Waals surface area contributed by atoms with Gasteiger partial charge in [-0.2, -0.15) is 0 Å². The second-order valence-electron chi connectivity index (χ2n) is 6.26. The van der Waals surface area contributed by atoms with Gasteiger partial charge in [-0.3, -0.25) is 4.72 Å². The largest absolute Gasteiger partial charge is 0.459 e. The number of hydrogen-bond donors (Lipinski definition) is 3. The molecular formula is C19H21N3O4S. The molecule has 0 radical (unpaired) electrons. The summed E-state index contributed by atoms with van der Waals surface area (Å²) in [6.45, 7) is 2.03. The Bertz CT molecular complexity index is 1030. The number of carbonyl (C=O) groups excluding carboxylic acids is 1. The number of sulfonamides is 1. The van der Waals surface area contributed by atoms with Crippen LogP contribution < -0.4 is 15.4 Å². The van der Waals surface area contributed by atoms with Crippen molar-refractivity contribution in [3.63, 3.8) is 0 Å². The third kappa shape index (κ3) is 5.01. The summed E-state index contributed by atoms with van der Waals surface area (Å²) in [6, 6.07) is 15.7. The Morgan fingerprint density at radius 3 is 2.56 bits per heavy atom. The van der Waals surface area contributed by atoms with Crippen molar-refractivity contribution in [2.45, 2.75) is 19.5 Å². The maximum absolute atomic E-state index is 12.2. The smallest absolute Gasteiger partial charge is 0.315 e. The predicted molar refractivity (Wildman–Crippen MR) is 105 cm³/mol. The van der Waals surface area contributed by atoms with E-state index in [0.717, 1.165) is 17.2 Å². The zero-order chi connectivity index (χ0) is 19.4. The average Bonchev–Trinajstić information content (AvgIpc) is 3.02. The number of para-hydroxylation sites is 2. The van der Waals surface area contributed by atoms with Gasteiger partial charge in [-0.05, 0) is 30.7 Å². The first-order chi connectivity index (χ1) is 12.8. The molecule has 1 unspecified atom stereocenters. The van der Waals surface area contributed by atoms with Crippen molar-refractivity contribution in [1.29, 1.82) is 0 Å². The minimum atomic E-state index is -3.41. The van der Waals surface area contributed by atoms with Crippen LogP contribution in [0.25, 0.3) is 11.0 Å². The molecular weight excluding hydrogens is 366 g/mol. The highest BCUT2D eigenvalue weighted by Gasteiger charge is 2.15. The molecule has 0 aliphatic carbocycles. The van der Waals surface area contributed by atoms with Gasteiger partial charge in [-0.25, -0.2) is 13.2 Å². The van der Waals surface area contributed by atoms with E-state index in [1.807, 2.05) is 30.3 Å². The lowest BCUT2D eigenvalue weighted by Gasteiger charge is -2.18. The number of rotatable bonds is 6. The Morgan fingerprint density at radius 1 is 1.11 bits per heavy atom. The number of carbonyl (C=O) groups is 1. The highest BCUT2D eigenvalue weighted by Crippen LogP contribution is 2.23. The molecule has 0 aliphatic heterocycles. The van der Waals surface area contributed by atoms with Gasteiger partial charge in [0.15, 0.2) is 0 Å². The molecule has 7 nitrogen and oxygen atoms in total. The van der Waals surface area contributed by atoms with E-state index in [9.17, 15) is 13.2 Å². The maximum atomic E-state index is 12.2. The van der Waals surface area contributed by atoms with Gasteiger partial charge in [0.1, 0.15) is 11.3 Å². The van der Waals surface area contributed by atoms with Gasteiger partial charge < -0.3 is 15.1 Å². The molecule has 1 heterocycles. The average molecular weight is 387 g/mol. The lowest BCUT2D eigenvalue weighted by Crippen LogP contribution is -2.36. The monoisotopic (exact) mass is 387 g/mol. The van der Waals surface area contributed by atoms with Crippen molar-refractivity contribution in [3.05, 3.63) is 65.9 Å². The minimum absolute atomic E-state index is 0.246. The van der Waals surface area contributed by atoms with Crippen LogP contribution in [0.5, 0.6) is 0 Å². The molecule has 3 rings (SSSR count). The van der Waals surface area contributed by atoms with Crippen LogP contribution in [0.15, 0.2) is 59.0 Å². The van der Waals surface area contributed by atoms with Gasteiger partial charge in [-0.1, -0.05) is 36.4 Å². The molecule has 1 aromatic heterocycles. The van der Waals surface area contributed by atoms with Crippen molar-refractivity contribution in [2.75, 3.05) is 11.0 Å². The molecule has 0 bridgehead atoms. The van der Waals surface area contributed by atoms with Gasteiger partial charge >= 0.3 is 6.03 Å². The standard InChI is InChI=1S/C19H21N3O4S/c1-13(16-8-4-5-9-17(16)22-27(2,24)25)21-19(23)20-12-15-11-14-7-3-6-10-18(14)26-15/h3-11,13,22H,12H2,1-2H3,(H2,20,21,23). The number of furan rings is 1. The normalized spacial score (nSPS) is 12.5. The van der Waals surface area contributed by atoms with Crippen molar-refractivity contribution in [1.82, 2.24) is 10.6 Å². The van der Waals surface area contributed by atoms with E-state index < -0.39 is 16.1 Å². The van der Waals surface area contributed by atoms with Gasteiger partial charge in [0.2, 0.25) is 10.0 Å². The number of hydrogen-bond acceptors (Lipinski definition) is 4. The SMILES string of the molecule is CC(NC(=O)NCc1cc2ccccc2o1)c1ccccc1NS(C)(=O)=O. The van der Waals surface area contributed by atoms with E-state index in [-0.39, 0.29) is 12.6 Å². The van der Waals surface area contributed by atoms with Gasteiger partial charge in [-0.15, -0.1) is 0 Å². The fourth-order valence-corrected chi connectivity index (χ4v) is 3.37. The van der Waals surface area contributed by atoms with E-state index in [1.165, 1.54) is 0 Å². The molecule has 2 amide bonds. The van der Waals surface area contributed by atoms with Crippen LogP contribution >= 0.6 is 0 Å². The summed E-state index contributed by atoms with van der Waals surface area (Å²) in [6.07, 6.45) is 1.09. The summed E-state index contributed by atoms with van der Waals surface area (Å²) in [4.78, 5) is 12.2. The molecule has 2 aromatic carbocycles. The van der Waals surface area contributed by atoms with Crippen LogP contribution in [0, 0.1) is 0 Å². The molecule has 27 heavy (non-hydrogen) atoms. The summed E-state index contributed by atoms with van der Waals surface area (Å²) in [7, 11) is -3.41. The van der Waals surface area contributed by atoms with Gasteiger partial charge in [0.25, 0.3) is 0 Å². The molecule has 0 fully saturated rings. The Morgan fingerprint density at radius 2 is 1.81 bits per heavy atom. The molecule has 3 N–H and O–H groups in total. The lowest BCUT2D eigenvalue weighted by atomic mass is 10.1. The number of fused-ring (bicyclic) bond motifs is 1. The Hall–Kier alpha value is -3.00. The molecule has 0 aliphatic rings. The molecule has 0 spiro atoms. The summed E-state index contributed by atoms with van der Waals surface area (Å²) in [5.74, 6) is 0.651. The van der Waals surface area contributed by atoms with Crippen molar-refractivity contribution < 1.29 is 17.6 Å². The molecule has 142 valence electrons. The summed E-state index contributed by atoms with van der Waals surface area (Å²) in [5.41, 5.74) is 1.87. The first-order valence-electron chi connectivity index (χ1n) is 8.40. The number of anilines is 1. The number of urea groups is 1. The maximum Gasteiger partial charge on any atom is 0.315 e. The van der Waals surface area contributed by atoms with Gasteiger partial charge in [0, 0.05) is 5.39 Å². The third-order valence-corrected chi connectivity index (χ3v) is 4.56. The zero-order valence-electron chi connectivity index (χ0n) is 15.0. The van der Waals surface area contributed by atoms with Crippen LogP contribution in [-0.4, -0.2) is 20.7 Å². The summed E-state index contributed by atoms with van der Waals surface area (Å²) in [5, 5.41) is 6.52. The van der Waals surface area contributed by atoms with E-state index >= 15 is 0 Å². The Balaban J connectivity index is 1.62. The van der Waals surface area contributed by atoms with Crippen LogP contribution in [0.4, 0.5) is 10.5 Å². The second-order valence-corrected chi connectivity index (χ2v) is 8.01. The first-order valence-corrected chi connectivity index (χ1v) is 10.3. The minimum Gasteiger partial charge on any atom is -0.459 e. The van der Waals surface area contributed by atoms with Crippen LogP contribution in [-0.2, 0) is 16.6 Å². The summed E-state index contributed by atoms with van der Waals surface area (Å²) < 4.78 is 31.1. The Kier molecular flexibility index (Phi) is 5.36. The van der Waals surface area contributed by atoms with Crippen LogP contribution in [0.1, 0.15) is 24.3 Å². The highest BCUT2D eigenvalue weighted by molar-refractivity contribution is 7.92. The number of benzene rings is 2. The van der Waals surface area contributed by atoms with E-state index in [1.54, 1.807) is 31.2 Å². The zero-order valence-corrected chi connectivity index (χ0v) is 15.8. The second kappa shape index (κ2) is 7.71. The molecule has 1 atom stereocenters. The fourth-order valence-electron chi connectivity index (χ4n) is 2.78. The first kappa shape index (κ1) is 18.8. The van der Waals surface area contributed by atoms with E-state index in [2.05, 4.69) is 15.4 Å². The van der Waals surface area contributed by atoms with Gasteiger partial charge in [0.05, 0.1) is 24.5 Å². The highest BCUT2D eigenvalue weighted by atomic mass is 32.2. The molecule has 0 saturated carbocycles. The topological polar surface area (TPSA) is 100 Å². The molecule has 0 saturated heterocycles. The molecule has 8 heteroatoms. The van der Waals surface area contributed by atoms with Crippen molar-refractivity contribution in [2.24, 2.45) is 0 Å². The predicted octanol–water partition coefficient (Wildman–Crippen LogP) is 3.36. The Labute approximate surface area is 157 Å². The van der Waals surface area contributed by atoms with E-state index in [4.69, 9.17) is 4.42 Å². The quantitative estimate of drug-likeness (QED) is 0.604. The number of amides is 2. The number of nitrogens with one attached hydrogen (secondary N) is 3. The third-order valence-electron chi connectivity index (χ3n) is 3.97. The molecule has 3 aromatic rings. The fraction of sp³-hybridized carbons (Fsp3) is 0.211. The lowest BCUT2D eigenvalue weighted by molar-refractivity contribution is 0.236.